The van der Waals surface area contributed by atoms with Crippen LogP contribution >= 0.6 is 0 Å². The van der Waals surface area contributed by atoms with Crippen LogP contribution in [0.2, 0.25) is 0 Å². The minimum absolute atomic E-state index is 0.108. The molecule has 0 bridgehead atoms. The van der Waals surface area contributed by atoms with Crippen LogP contribution in [-0.2, 0) is 26.2 Å². The Kier molecular flexibility index (Phi) is 9.21. The lowest BCUT2D eigenvalue weighted by molar-refractivity contribution is -0.139. The first-order valence-corrected chi connectivity index (χ1v) is 13.1. The molecule has 2 aromatic rings. The Morgan fingerprint density at radius 3 is 2.26 bits per heavy atom. The largest absolute Gasteiger partial charge is 0.352 e. The van der Waals surface area contributed by atoms with Crippen molar-refractivity contribution in [2.24, 2.45) is 0 Å². The van der Waals surface area contributed by atoms with E-state index >= 15 is 0 Å². The highest BCUT2D eigenvalue weighted by atomic mass is 32.2. The Bertz CT molecular complexity index is 1140. The van der Waals surface area contributed by atoms with E-state index in [1.807, 2.05) is 27.7 Å². The van der Waals surface area contributed by atoms with E-state index in [1.165, 1.54) is 23.1 Å². The summed E-state index contributed by atoms with van der Waals surface area (Å²) in [4.78, 5) is 27.5. The van der Waals surface area contributed by atoms with Crippen LogP contribution < -0.4 is 9.62 Å². The summed E-state index contributed by atoms with van der Waals surface area (Å²) < 4.78 is 40.6. The quantitative estimate of drug-likeness (QED) is 0.551. The molecule has 0 aliphatic carbocycles. The molecule has 9 heteroatoms. The van der Waals surface area contributed by atoms with Crippen LogP contribution in [0.15, 0.2) is 42.5 Å². The fourth-order valence-corrected chi connectivity index (χ4v) is 4.19. The fraction of sp³-hybridized carbons (Fsp3) is 0.440. The summed E-state index contributed by atoms with van der Waals surface area (Å²) in [6, 6.07) is 10.1. The number of benzene rings is 2. The van der Waals surface area contributed by atoms with Gasteiger partial charge in [-0.05, 0) is 63.4 Å². The minimum atomic E-state index is -3.81. The van der Waals surface area contributed by atoms with Gasteiger partial charge in [0, 0.05) is 18.2 Å². The van der Waals surface area contributed by atoms with E-state index in [4.69, 9.17) is 0 Å². The molecule has 2 rings (SSSR count). The first kappa shape index (κ1) is 27.3. The summed E-state index contributed by atoms with van der Waals surface area (Å²) in [5, 5.41) is 2.84. The van der Waals surface area contributed by atoms with Crippen LogP contribution in [0, 0.1) is 19.7 Å². The highest BCUT2D eigenvalue weighted by Crippen LogP contribution is 2.22. The smallest absolute Gasteiger partial charge is 0.244 e. The molecule has 0 saturated carbocycles. The highest BCUT2D eigenvalue weighted by molar-refractivity contribution is 7.92. The fourth-order valence-electron chi connectivity index (χ4n) is 3.35. The van der Waals surface area contributed by atoms with Gasteiger partial charge in [0.2, 0.25) is 21.8 Å². The van der Waals surface area contributed by atoms with Gasteiger partial charge in [-0.25, -0.2) is 12.8 Å². The molecule has 2 amide bonds. The van der Waals surface area contributed by atoms with Gasteiger partial charge in [-0.2, -0.15) is 0 Å². The molecule has 0 unspecified atom stereocenters. The number of nitrogens with zero attached hydrogens (tertiary/aromatic N) is 2. The number of aryl methyl sites for hydroxylation is 2. The van der Waals surface area contributed by atoms with Gasteiger partial charge in [-0.3, -0.25) is 13.9 Å². The number of carbonyl (C=O) groups excluding carboxylic acids is 2. The lowest BCUT2D eigenvalue weighted by atomic mass is 10.1. The maximum atomic E-state index is 14.4. The highest BCUT2D eigenvalue weighted by Gasteiger charge is 2.31. The second-order valence-electron chi connectivity index (χ2n) is 8.65. The van der Waals surface area contributed by atoms with Crippen LogP contribution in [0.4, 0.5) is 10.1 Å². The van der Waals surface area contributed by atoms with Crippen molar-refractivity contribution in [2.75, 3.05) is 17.1 Å². The normalized spacial score (nSPS) is 13.1. The van der Waals surface area contributed by atoms with Crippen LogP contribution in [0.25, 0.3) is 0 Å². The standard InChI is InChI=1S/C25H34FN3O4S/c1-7-19(4)27-25(31)20(5)28(15-21-10-8-9-11-23(21)26)24(30)16-29(34(6,32)33)22-13-12-17(2)18(3)14-22/h8-14,19-20H,7,15-16H2,1-6H3,(H,27,31)/t19-,20-/m0/s1. The number of carbonyl (C=O) groups is 2. The van der Waals surface area contributed by atoms with Gasteiger partial charge < -0.3 is 10.2 Å². The van der Waals surface area contributed by atoms with E-state index in [1.54, 1.807) is 31.2 Å². The zero-order chi connectivity index (χ0) is 25.6. The summed E-state index contributed by atoms with van der Waals surface area (Å²) in [5.41, 5.74) is 2.45. The average molecular weight is 492 g/mol. The molecule has 186 valence electrons. The van der Waals surface area contributed by atoms with Gasteiger partial charge in [0.25, 0.3) is 0 Å². The molecule has 0 aliphatic rings. The van der Waals surface area contributed by atoms with E-state index in [0.29, 0.717) is 12.1 Å². The van der Waals surface area contributed by atoms with Crippen LogP contribution in [-0.4, -0.2) is 50.0 Å². The number of anilines is 1. The predicted octanol–water partition coefficient (Wildman–Crippen LogP) is 3.54. The third-order valence-corrected chi connectivity index (χ3v) is 7.07. The molecule has 0 spiro atoms. The minimum Gasteiger partial charge on any atom is -0.352 e. The van der Waals surface area contributed by atoms with Crippen molar-refractivity contribution < 1.29 is 22.4 Å². The molecular formula is C25H34FN3O4S. The zero-order valence-corrected chi connectivity index (χ0v) is 21.4. The van der Waals surface area contributed by atoms with Gasteiger partial charge in [0.05, 0.1) is 11.9 Å². The molecule has 0 fully saturated rings. The van der Waals surface area contributed by atoms with Crippen molar-refractivity contribution in [1.29, 1.82) is 0 Å². The van der Waals surface area contributed by atoms with Gasteiger partial charge in [0.1, 0.15) is 18.4 Å². The first-order valence-electron chi connectivity index (χ1n) is 11.2. The van der Waals surface area contributed by atoms with E-state index in [-0.39, 0.29) is 18.2 Å². The molecule has 0 aromatic heterocycles. The zero-order valence-electron chi connectivity index (χ0n) is 20.6. The molecule has 2 atom stereocenters. The summed E-state index contributed by atoms with van der Waals surface area (Å²) in [7, 11) is -3.81. The van der Waals surface area contributed by atoms with E-state index < -0.39 is 40.2 Å². The van der Waals surface area contributed by atoms with Crippen LogP contribution in [0.1, 0.15) is 43.9 Å². The Labute approximate surface area is 202 Å². The van der Waals surface area contributed by atoms with Crippen LogP contribution in [0.5, 0.6) is 0 Å². The number of sulfonamides is 1. The molecule has 34 heavy (non-hydrogen) atoms. The van der Waals surface area contributed by atoms with Gasteiger partial charge >= 0.3 is 0 Å². The van der Waals surface area contributed by atoms with Crippen molar-refractivity contribution in [3.8, 4) is 0 Å². The van der Waals surface area contributed by atoms with Crippen molar-refractivity contribution in [2.45, 2.75) is 59.7 Å². The Morgan fingerprint density at radius 1 is 1.06 bits per heavy atom. The molecule has 0 radical (unpaired) electrons. The number of hydrogen-bond donors (Lipinski definition) is 1. The number of nitrogens with one attached hydrogen (secondary N) is 1. The van der Waals surface area contributed by atoms with Crippen molar-refractivity contribution in [3.05, 3.63) is 65.0 Å². The molecular weight excluding hydrogens is 457 g/mol. The summed E-state index contributed by atoms with van der Waals surface area (Å²) in [5.74, 6) is -1.52. The number of halogens is 1. The van der Waals surface area contributed by atoms with Crippen molar-refractivity contribution in [3.63, 3.8) is 0 Å². The lowest BCUT2D eigenvalue weighted by Crippen LogP contribution is -2.52. The van der Waals surface area contributed by atoms with Gasteiger partial charge in [0.15, 0.2) is 0 Å². The van der Waals surface area contributed by atoms with E-state index in [9.17, 15) is 22.4 Å². The Hall–Kier alpha value is -2.94. The molecule has 0 saturated heterocycles. The lowest BCUT2D eigenvalue weighted by Gasteiger charge is -2.32. The predicted molar refractivity (Wildman–Crippen MR) is 132 cm³/mol. The van der Waals surface area contributed by atoms with Crippen LogP contribution in [0.3, 0.4) is 0 Å². The van der Waals surface area contributed by atoms with Gasteiger partial charge in [-0.1, -0.05) is 31.2 Å². The second kappa shape index (κ2) is 11.5. The Morgan fingerprint density at radius 2 is 1.71 bits per heavy atom. The van der Waals surface area contributed by atoms with Crippen molar-refractivity contribution >= 4 is 27.5 Å². The van der Waals surface area contributed by atoms with E-state index in [0.717, 1.165) is 21.7 Å². The monoisotopic (exact) mass is 491 g/mol. The third kappa shape index (κ3) is 7.03. The van der Waals surface area contributed by atoms with Crippen molar-refractivity contribution in [1.82, 2.24) is 10.2 Å². The number of rotatable bonds is 10. The molecule has 0 heterocycles. The molecule has 1 N–H and O–H groups in total. The van der Waals surface area contributed by atoms with E-state index in [2.05, 4.69) is 5.32 Å². The average Bonchev–Trinajstić information content (AvgIpc) is 2.77. The topological polar surface area (TPSA) is 86.8 Å². The second-order valence-corrected chi connectivity index (χ2v) is 10.6. The van der Waals surface area contributed by atoms with Gasteiger partial charge in [-0.15, -0.1) is 0 Å². The number of amides is 2. The summed E-state index contributed by atoms with van der Waals surface area (Å²) in [6.07, 6.45) is 1.73. The summed E-state index contributed by atoms with van der Waals surface area (Å²) in [6.45, 7) is 8.39. The maximum absolute atomic E-state index is 14.4. The Balaban J connectivity index is 2.42. The third-order valence-electron chi connectivity index (χ3n) is 5.92. The molecule has 0 aliphatic heterocycles. The number of hydrogen-bond acceptors (Lipinski definition) is 4. The maximum Gasteiger partial charge on any atom is 0.244 e. The molecule has 2 aromatic carbocycles. The summed E-state index contributed by atoms with van der Waals surface area (Å²) >= 11 is 0. The molecule has 7 nitrogen and oxygen atoms in total. The first-order chi connectivity index (χ1) is 15.8. The SMILES string of the molecule is CC[C@H](C)NC(=O)[C@H](C)N(Cc1ccccc1F)C(=O)CN(c1ccc(C)c(C)c1)S(C)(=O)=O.